The van der Waals surface area contributed by atoms with Crippen LogP contribution in [-0.2, 0) is 18.9 Å². The Balaban J connectivity index is 0.000000273. The van der Waals surface area contributed by atoms with E-state index >= 15 is 0 Å². The molecule has 0 bridgehead atoms. The maximum Gasteiger partial charge on any atom is 0.508 e. The van der Waals surface area contributed by atoms with E-state index < -0.39 is 17.9 Å². The van der Waals surface area contributed by atoms with E-state index in [4.69, 9.17) is 43.1 Å². The monoisotopic (exact) mass is 640 g/mol. The number of hydrogen-bond donors (Lipinski definition) is 4. The van der Waals surface area contributed by atoms with Crippen molar-refractivity contribution in [2.75, 3.05) is 37.1 Å². The Morgan fingerprint density at radius 2 is 1.98 bits per heavy atom. The van der Waals surface area contributed by atoms with E-state index in [1.54, 1.807) is 23.8 Å². The van der Waals surface area contributed by atoms with Crippen LogP contribution in [0.25, 0.3) is 11.0 Å². The number of terminal acetylenes is 1. The highest BCUT2D eigenvalue weighted by molar-refractivity contribution is 7.99. The number of ether oxygens (including phenoxy) is 4. The third-order valence-electron chi connectivity index (χ3n) is 6.68. The molecule has 2 aromatic rings. The van der Waals surface area contributed by atoms with Crippen LogP contribution >= 0.6 is 23.4 Å². The molecule has 5 N–H and O–H groups in total. The quantitative estimate of drug-likeness (QED) is 0.106. The summed E-state index contributed by atoms with van der Waals surface area (Å²) in [5.41, 5.74) is 5.43. The number of carbonyl (C=O) groups excluding carboxylic acids is 2. The predicted molar refractivity (Wildman–Crippen MR) is 161 cm³/mol. The van der Waals surface area contributed by atoms with Gasteiger partial charge in [0.25, 0.3) is 0 Å². The van der Waals surface area contributed by atoms with Crippen molar-refractivity contribution < 1.29 is 38.4 Å². The van der Waals surface area contributed by atoms with Crippen LogP contribution in [-0.4, -0.2) is 87.0 Å². The van der Waals surface area contributed by atoms with Gasteiger partial charge in [0.2, 0.25) is 5.28 Å². The van der Waals surface area contributed by atoms with Crippen LogP contribution in [0.2, 0.25) is 5.28 Å². The zero-order valence-electron chi connectivity index (χ0n) is 24.0. The minimum atomic E-state index is -1.21. The lowest BCUT2D eigenvalue weighted by Crippen LogP contribution is -2.34. The summed E-state index contributed by atoms with van der Waals surface area (Å²) in [4.78, 5) is 39.9. The number of fused-ring (bicyclic) bond motifs is 2. The second-order valence-electron chi connectivity index (χ2n) is 9.75. The summed E-state index contributed by atoms with van der Waals surface area (Å²) in [5, 5.41) is 14.1. The number of rotatable bonds is 8. The molecule has 0 saturated carbocycles. The van der Waals surface area contributed by atoms with Crippen molar-refractivity contribution in [3.05, 3.63) is 17.5 Å². The molecule has 16 heteroatoms. The van der Waals surface area contributed by atoms with E-state index in [2.05, 4.69) is 38.2 Å². The molecule has 2 aromatic heterocycles. The Morgan fingerprint density at radius 1 is 1.26 bits per heavy atom. The van der Waals surface area contributed by atoms with E-state index in [-0.39, 0.29) is 30.8 Å². The number of anilines is 1. The number of halogens is 1. The summed E-state index contributed by atoms with van der Waals surface area (Å²) >= 11 is 7.82. The van der Waals surface area contributed by atoms with Gasteiger partial charge in [0.1, 0.15) is 24.3 Å². The number of aromatic nitrogens is 3. The van der Waals surface area contributed by atoms with Gasteiger partial charge in [-0.3, -0.25) is 0 Å². The molecule has 3 aliphatic rings. The van der Waals surface area contributed by atoms with Crippen molar-refractivity contribution in [1.29, 1.82) is 0 Å². The summed E-state index contributed by atoms with van der Waals surface area (Å²) < 4.78 is 22.1. The van der Waals surface area contributed by atoms with Gasteiger partial charge in [-0.1, -0.05) is 25.7 Å². The number of nitrogens with two attached hydrogens (primary N) is 1. The molecule has 5 heterocycles. The van der Waals surface area contributed by atoms with Crippen molar-refractivity contribution in [2.24, 2.45) is 0 Å². The second kappa shape index (κ2) is 16.3. The Labute approximate surface area is 258 Å². The average Bonchev–Trinajstić information content (AvgIpc) is 3.74. The number of unbranched alkanes of at least 4 members (excludes halogenated alkanes) is 2. The number of carbonyl (C=O) groups is 3. The number of nitrogen functional groups attached to an aromatic ring is 1. The fraction of sp³-hybridized carbons (Fsp3) is 0.593. The number of hydrogen-bond acceptors (Lipinski definition) is 11. The van der Waals surface area contributed by atoms with Gasteiger partial charge < -0.3 is 45.0 Å². The SMILES string of the molecule is C#CC1(COC(=O)OCCCCC)CC[C@H](n2ccc3c(N)nc(Cl)nc32)O1.CCOC(=O)O.O=C1N[C@H]2CSC[C@H]2N1. The first kappa shape index (κ1) is 33.9. The highest BCUT2D eigenvalue weighted by atomic mass is 35.5. The van der Waals surface area contributed by atoms with Gasteiger partial charge in [-0.25, -0.2) is 19.4 Å². The van der Waals surface area contributed by atoms with Crippen molar-refractivity contribution in [1.82, 2.24) is 25.2 Å². The summed E-state index contributed by atoms with van der Waals surface area (Å²) in [5.74, 6) is 5.06. The summed E-state index contributed by atoms with van der Waals surface area (Å²) in [7, 11) is 0. The third-order valence-corrected chi connectivity index (χ3v) is 8.04. The lowest BCUT2D eigenvalue weighted by atomic mass is 10.0. The number of nitrogens with one attached hydrogen (secondary N) is 2. The van der Waals surface area contributed by atoms with Gasteiger partial charge in [0.05, 0.1) is 30.7 Å². The Kier molecular flexibility index (Phi) is 12.8. The molecule has 236 valence electrons. The molecule has 14 nitrogen and oxygen atoms in total. The third kappa shape index (κ3) is 9.70. The molecular formula is C27H37ClN6O8S. The predicted octanol–water partition coefficient (Wildman–Crippen LogP) is 4.18. The lowest BCUT2D eigenvalue weighted by Gasteiger charge is -2.23. The second-order valence-corrected chi connectivity index (χ2v) is 11.2. The smallest absolute Gasteiger partial charge is 0.450 e. The van der Waals surface area contributed by atoms with E-state index in [0.29, 0.717) is 48.4 Å². The van der Waals surface area contributed by atoms with Crippen LogP contribution in [0, 0.1) is 12.3 Å². The van der Waals surface area contributed by atoms with E-state index in [0.717, 1.165) is 30.8 Å². The minimum Gasteiger partial charge on any atom is -0.450 e. The fourth-order valence-electron chi connectivity index (χ4n) is 4.51. The Bertz CT molecular complexity index is 1290. The minimum absolute atomic E-state index is 0.00491. The van der Waals surface area contributed by atoms with Gasteiger partial charge in [-0.15, -0.1) is 6.42 Å². The zero-order valence-corrected chi connectivity index (χ0v) is 25.6. The summed E-state index contributed by atoms with van der Waals surface area (Å²) in [6, 6.07) is 2.61. The van der Waals surface area contributed by atoms with Gasteiger partial charge in [-0.2, -0.15) is 16.7 Å². The van der Waals surface area contributed by atoms with Gasteiger partial charge >= 0.3 is 18.3 Å². The molecular weight excluding hydrogens is 604 g/mol. The summed E-state index contributed by atoms with van der Waals surface area (Å²) in [6.07, 6.45) is 9.13. The molecule has 0 spiro atoms. The molecule has 5 rings (SSSR count). The molecule has 3 aliphatic heterocycles. The maximum atomic E-state index is 11.8. The van der Waals surface area contributed by atoms with E-state index in [1.165, 1.54) is 0 Å². The number of thioether (sulfide) groups is 1. The van der Waals surface area contributed by atoms with Crippen molar-refractivity contribution in [3.8, 4) is 12.3 Å². The molecule has 3 fully saturated rings. The Morgan fingerprint density at radius 3 is 2.58 bits per heavy atom. The normalized spacial score (nSPS) is 23.4. The van der Waals surface area contributed by atoms with Crippen LogP contribution in [0.15, 0.2) is 12.3 Å². The fourth-order valence-corrected chi connectivity index (χ4v) is 5.96. The zero-order chi connectivity index (χ0) is 31.4. The molecule has 3 saturated heterocycles. The highest BCUT2D eigenvalue weighted by Gasteiger charge is 2.41. The first-order valence-electron chi connectivity index (χ1n) is 13.9. The standard InChI is InChI=1S/C19H23ClN4O4.C5H8N2OS.C3H6O3/c1-3-5-6-11-26-18(25)27-12-19(4-2)9-7-14(28-19)24-10-8-13-15(21)22-17(20)23-16(13)24;8-5-6-3-1-9-2-4(3)7-5;1-2-6-3(4)5/h2,8,10,14H,3,5-7,9,11-12H2,1H3,(H2,21,22,23);3-4H,1-2H2,(H2,6,7,8);2H2,1H3,(H,4,5)/t14-,19?;3-,4+;/m1../s1. The topological polar surface area (TPSA) is 189 Å². The van der Waals surface area contributed by atoms with Crippen LogP contribution < -0.4 is 16.4 Å². The lowest BCUT2D eigenvalue weighted by molar-refractivity contribution is -0.0730. The van der Waals surface area contributed by atoms with Crippen LogP contribution in [0.1, 0.15) is 52.2 Å². The highest BCUT2D eigenvalue weighted by Crippen LogP contribution is 2.38. The molecule has 0 aromatic carbocycles. The van der Waals surface area contributed by atoms with Crippen LogP contribution in [0.5, 0.6) is 0 Å². The van der Waals surface area contributed by atoms with Crippen molar-refractivity contribution >= 4 is 58.6 Å². The molecule has 43 heavy (non-hydrogen) atoms. The first-order valence-corrected chi connectivity index (χ1v) is 15.4. The van der Waals surface area contributed by atoms with E-state index in [1.807, 2.05) is 11.8 Å². The largest absolute Gasteiger partial charge is 0.508 e. The molecule has 0 aliphatic carbocycles. The molecule has 4 atom stereocenters. The van der Waals surface area contributed by atoms with Gasteiger partial charge in [0.15, 0.2) is 5.60 Å². The van der Waals surface area contributed by atoms with E-state index in [9.17, 15) is 14.4 Å². The molecule has 1 unspecified atom stereocenters. The van der Waals surface area contributed by atoms with Crippen molar-refractivity contribution in [2.45, 2.75) is 69.9 Å². The van der Waals surface area contributed by atoms with Crippen molar-refractivity contribution in [3.63, 3.8) is 0 Å². The maximum absolute atomic E-state index is 11.8. The van der Waals surface area contributed by atoms with Crippen LogP contribution in [0.3, 0.4) is 0 Å². The van der Waals surface area contributed by atoms with Gasteiger partial charge in [0, 0.05) is 17.7 Å². The molecule has 2 amide bonds. The number of carboxylic acid groups (broad SMARTS) is 1. The average molecular weight is 641 g/mol. The first-order chi connectivity index (χ1) is 20.6. The molecule has 0 radical (unpaired) electrons. The summed E-state index contributed by atoms with van der Waals surface area (Å²) in [6.45, 7) is 4.18. The number of amides is 2. The van der Waals surface area contributed by atoms with Gasteiger partial charge in [-0.05, 0) is 43.9 Å². The number of nitrogens with zero attached hydrogens (tertiary/aromatic N) is 3. The Hall–Kier alpha value is -3.61. The number of urea groups is 1. The van der Waals surface area contributed by atoms with Crippen LogP contribution in [0.4, 0.5) is 20.2 Å².